The zero-order valence-electron chi connectivity index (χ0n) is 21.3. The second kappa shape index (κ2) is 8.25. The second-order valence-electron chi connectivity index (χ2n) is 13.0. The van der Waals surface area contributed by atoms with Gasteiger partial charge in [-0.3, -0.25) is 0 Å². The summed E-state index contributed by atoms with van der Waals surface area (Å²) in [5.74, 6) is 2.34. The van der Waals surface area contributed by atoms with Crippen LogP contribution in [-0.4, -0.2) is 27.6 Å². The summed E-state index contributed by atoms with van der Waals surface area (Å²) in [6, 6.07) is 0. The highest BCUT2D eigenvalue weighted by molar-refractivity contribution is 5.29. The number of hydrogen-bond acceptors (Lipinski definition) is 2. The highest BCUT2D eigenvalue weighted by atomic mass is 19.4. The highest BCUT2D eigenvalue weighted by Crippen LogP contribution is 2.67. The van der Waals surface area contributed by atoms with Crippen molar-refractivity contribution >= 4 is 0 Å². The number of allylic oxidation sites excluding steroid dienone is 2. The molecule has 0 amide bonds. The Morgan fingerprint density at radius 3 is 2.45 bits per heavy atom. The van der Waals surface area contributed by atoms with Crippen LogP contribution in [-0.2, 0) is 0 Å². The largest absolute Gasteiger partial charge is 0.416 e. The molecule has 0 bridgehead atoms. The molecule has 5 heteroatoms. The molecule has 0 aromatic rings. The fourth-order valence-electron chi connectivity index (χ4n) is 8.74. The monoisotopic (exact) mass is 470 g/mol. The van der Waals surface area contributed by atoms with E-state index in [1.807, 2.05) is 0 Å². The number of hydrogen-bond donors (Lipinski definition) is 2. The van der Waals surface area contributed by atoms with Crippen molar-refractivity contribution in [1.82, 2.24) is 0 Å². The van der Waals surface area contributed by atoms with E-state index in [-0.39, 0.29) is 23.2 Å². The van der Waals surface area contributed by atoms with Gasteiger partial charge in [-0.1, -0.05) is 39.3 Å². The first-order chi connectivity index (χ1) is 15.2. The maximum absolute atomic E-state index is 13.2. The van der Waals surface area contributed by atoms with Gasteiger partial charge in [0, 0.05) is 0 Å². The van der Waals surface area contributed by atoms with Crippen molar-refractivity contribution in [3.8, 4) is 0 Å². The Labute approximate surface area is 198 Å². The average molecular weight is 471 g/mol. The Kier molecular flexibility index (Phi) is 6.39. The van der Waals surface area contributed by atoms with Gasteiger partial charge < -0.3 is 10.2 Å². The SMILES string of the molecule is CC[C@]1(O)CC[C@]2(C)C3=CC[C@]4(C)[C@@H]([C@H](C)CC[C@](C)(O)C(F)(F)F)CC[C@H]4[C@@H]3CC[C@H]2C1. The third-order valence-electron chi connectivity index (χ3n) is 11.3. The van der Waals surface area contributed by atoms with Gasteiger partial charge in [-0.2, -0.15) is 13.2 Å². The van der Waals surface area contributed by atoms with Crippen molar-refractivity contribution in [1.29, 1.82) is 0 Å². The van der Waals surface area contributed by atoms with E-state index in [1.165, 1.54) is 19.3 Å². The molecule has 0 aromatic heterocycles. The van der Waals surface area contributed by atoms with Crippen molar-refractivity contribution in [2.45, 2.75) is 123 Å². The van der Waals surface area contributed by atoms with Gasteiger partial charge in [-0.05, 0) is 118 Å². The molecular weight excluding hydrogens is 425 g/mol. The predicted octanol–water partition coefficient (Wildman–Crippen LogP) is 7.44. The van der Waals surface area contributed by atoms with Crippen molar-refractivity contribution < 1.29 is 23.4 Å². The lowest BCUT2D eigenvalue weighted by Crippen LogP contribution is -2.51. The third-order valence-corrected chi connectivity index (χ3v) is 11.3. The molecule has 33 heavy (non-hydrogen) atoms. The van der Waals surface area contributed by atoms with E-state index in [2.05, 4.69) is 33.8 Å². The Bertz CT molecular complexity index is 774. The van der Waals surface area contributed by atoms with Gasteiger partial charge in [0.1, 0.15) is 0 Å². The Balaban J connectivity index is 1.50. The maximum Gasteiger partial charge on any atom is 0.416 e. The van der Waals surface area contributed by atoms with Crippen LogP contribution < -0.4 is 0 Å². The third kappa shape index (κ3) is 4.11. The molecule has 2 nitrogen and oxygen atoms in total. The van der Waals surface area contributed by atoms with Crippen LogP contribution in [0, 0.1) is 40.4 Å². The summed E-state index contributed by atoms with van der Waals surface area (Å²) in [6.45, 7) is 9.97. The molecule has 0 saturated heterocycles. The van der Waals surface area contributed by atoms with Crippen molar-refractivity contribution in [2.75, 3.05) is 0 Å². The van der Waals surface area contributed by atoms with Gasteiger partial charge in [0.05, 0.1) is 5.60 Å². The van der Waals surface area contributed by atoms with Crippen molar-refractivity contribution in [3.05, 3.63) is 11.6 Å². The Morgan fingerprint density at radius 2 is 1.82 bits per heavy atom. The van der Waals surface area contributed by atoms with Gasteiger partial charge in [-0.15, -0.1) is 0 Å². The molecule has 0 unspecified atom stereocenters. The number of alkyl halides is 3. The second-order valence-corrected chi connectivity index (χ2v) is 13.0. The smallest absolute Gasteiger partial charge is 0.390 e. The molecule has 0 radical (unpaired) electrons. The van der Waals surface area contributed by atoms with Gasteiger partial charge in [0.25, 0.3) is 0 Å². The van der Waals surface area contributed by atoms with Gasteiger partial charge in [-0.25, -0.2) is 0 Å². The van der Waals surface area contributed by atoms with Crippen LogP contribution in [0.2, 0.25) is 0 Å². The summed E-state index contributed by atoms with van der Waals surface area (Å²) in [7, 11) is 0. The summed E-state index contributed by atoms with van der Waals surface area (Å²) in [6.07, 6.45) is 7.51. The quantitative estimate of drug-likeness (QED) is 0.410. The molecule has 3 fully saturated rings. The fraction of sp³-hybridized carbons (Fsp3) is 0.929. The fourth-order valence-corrected chi connectivity index (χ4v) is 8.74. The van der Waals surface area contributed by atoms with Crippen LogP contribution in [0.3, 0.4) is 0 Å². The molecule has 4 aliphatic carbocycles. The van der Waals surface area contributed by atoms with E-state index >= 15 is 0 Å². The topological polar surface area (TPSA) is 40.5 Å². The lowest BCUT2D eigenvalue weighted by atomic mass is 9.47. The van der Waals surface area contributed by atoms with E-state index < -0.39 is 17.4 Å². The lowest BCUT2D eigenvalue weighted by molar-refractivity contribution is -0.256. The van der Waals surface area contributed by atoms with E-state index in [9.17, 15) is 23.4 Å². The normalized spacial score (nSPS) is 45.9. The number of aliphatic hydroxyl groups is 2. The average Bonchev–Trinajstić information content (AvgIpc) is 3.09. The van der Waals surface area contributed by atoms with E-state index in [0.29, 0.717) is 30.1 Å². The Hall–Kier alpha value is -0.550. The minimum Gasteiger partial charge on any atom is -0.390 e. The van der Waals surface area contributed by atoms with Crippen LogP contribution in [0.15, 0.2) is 11.6 Å². The van der Waals surface area contributed by atoms with Gasteiger partial charge >= 0.3 is 6.18 Å². The zero-order valence-corrected chi connectivity index (χ0v) is 21.3. The number of fused-ring (bicyclic) bond motifs is 5. The standard InChI is InChI=1S/C28H45F3O2/c1-6-27(33)16-15-24(3)19(17-27)7-8-20-22-10-9-21(25(22,4)13-12-23(20)24)18(2)11-14-26(5,32)28(29,30)31/h12,18-22,32-33H,6-11,13-17H2,1-5H3/t18-,19+,20+,21-,22+,24+,25-,26+,27+/m1/s1. The van der Waals surface area contributed by atoms with E-state index in [1.54, 1.807) is 5.57 Å². The molecule has 0 aliphatic heterocycles. The van der Waals surface area contributed by atoms with E-state index in [0.717, 1.165) is 45.4 Å². The molecule has 0 aromatic carbocycles. The molecular formula is C28H45F3O2. The number of halogens is 3. The summed E-state index contributed by atoms with van der Waals surface area (Å²) in [4.78, 5) is 0. The van der Waals surface area contributed by atoms with Crippen LogP contribution in [0.5, 0.6) is 0 Å². The lowest BCUT2D eigenvalue weighted by Gasteiger charge is -2.58. The molecule has 0 spiro atoms. The van der Waals surface area contributed by atoms with Crippen molar-refractivity contribution in [2.24, 2.45) is 40.4 Å². The first-order valence-electron chi connectivity index (χ1n) is 13.4. The van der Waals surface area contributed by atoms with Crippen LogP contribution in [0.1, 0.15) is 105 Å². The van der Waals surface area contributed by atoms with Crippen molar-refractivity contribution in [3.63, 3.8) is 0 Å². The summed E-state index contributed by atoms with van der Waals surface area (Å²) >= 11 is 0. The molecule has 9 atom stereocenters. The Morgan fingerprint density at radius 1 is 1.12 bits per heavy atom. The van der Waals surface area contributed by atoms with Crippen LogP contribution in [0.4, 0.5) is 13.2 Å². The molecule has 4 rings (SSSR count). The van der Waals surface area contributed by atoms with Gasteiger partial charge in [0.15, 0.2) is 5.60 Å². The minimum absolute atomic E-state index is 0.139. The van der Waals surface area contributed by atoms with Gasteiger partial charge in [0.2, 0.25) is 0 Å². The van der Waals surface area contributed by atoms with Crippen LogP contribution >= 0.6 is 0 Å². The molecule has 0 heterocycles. The highest BCUT2D eigenvalue weighted by Gasteiger charge is 2.59. The summed E-state index contributed by atoms with van der Waals surface area (Å²) in [5.41, 5.74) is -1.12. The molecule has 190 valence electrons. The predicted molar refractivity (Wildman–Crippen MR) is 126 cm³/mol. The minimum atomic E-state index is -4.57. The number of rotatable bonds is 5. The van der Waals surface area contributed by atoms with Crippen LogP contribution in [0.25, 0.3) is 0 Å². The molecule has 2 N–H and O–H groups in total. The first-order valence-corrected chi connectivity index (χ1v) is 13.4. The first kappa shape index (κ1) is 25.5. The summed E-state index contributed by atoms with van der Waals surface area (Å²) in [5, 5.41) is 20.9. The maximum atomic E-state index is 13.2. The molecule has 3 saturated carbocycles. The molecule has 4 aliphatic rings. The zero-order chi connectivity index (χ0) is 24.4. The van der Waals surface area contributed by atoms with E-state index in [4.69, 9.17) is 0 Å². The summed E-state index contributed by atoms with van der Waals surface area (Å²) < 4.78 is 39.5.